The molecule has 2 unspecified atom stereocenters. The summed E-state index contributed by atoms with van der Waals surface area (Å²) in [5, 5.41) is 13.8. The first-order chi connectivity index (χ1) is 9.15. The molecule has 0 spiro atoms. The van der Waals surface area contributed by atoms with Crippen molar-refractivity contribution in [2.45, 2.75) is 37.2 Å². The van der Waals surface area contributed by atoms with Crippen molar-refractivity contribution in [1.29, 1.82) is 0 Å². The molecule has 19 heavy (non-hydrogen) atoms. The first-order valence-electron chi connectivity index (χ1n) is 6.31. The van der Waals surface area contributed by atoms with Crippen molar-refractivity contribution in [2.75, 3.05) is 6.26 Å². The number of aliphatic hydroxyl groups is 1. The van der Waals surface area contributed by atoms with E-state index in [-0.39, 0.29) is 5.92 Å². The lowest BCUT2D eigenvalue weighted by atomic mass is 10.0. The molecule has 0 bridgehead atoms. The van der Waals surface area contributed by atoms with Crippen LogP contribution in [0.4, 0.5) is 0 Å². The minimum absolute atomic E-state index is 0.142. The third kappa shape index (κ3) is 3.16. The molecule has 0 aliphatic heterocycles. The van der Waals surface area contributed by atoms with E-state index < -0.39 is 6.10 Å². The molecule has 0 saturated carbocycles. The molecular weight excluding hydrogens is 260 g/mol. The Morgan fingerprint density at radius 1 is 1.32 bits per heavy atom. The van der Waals surface area contributed by atoms with Gasteiger partial charge in [-0.15, -0.1) is 11.8 Å². The second kappa shape index (κ2) is 6.21. The van der Waals surface area contributed by atoms with Crippen molar-refractivity contribution < 1.29 is 9.63 Å². The summed E-state index contributed by atoms with van der Waals surface area (Å²) in [5.74, 6) is 0.910. The van der Waals surface area contributed by atoms with E-state index in [2.05, 4.69) is 10.1 Å². The molecule has 1 aromatic heterocycles. The predicted molar refractivity (Wildman–Crippen MR) is 76.2 cm³/mol. The number of hydrogen-bond donors (Lipinski definition) is 1. The maximum Gasteiger partial charge on any atom is 0.232 e. The average Bonchev–Trinajstić information content (AvgIpc) is 2.95. The molecule has 1 heterocycles. The number of aliphatic hydroxyl groups excluding tert-OH is 1. The first kappa shape index (κ1) is 14.1. The highest BCUT2D eigenvalue weighted by molar-refractivity contribution is 7.98. The van der Waals surface area contributed by atoms with E-state index in [1.54, 1.807) is 11.8 Å². The minimum atomic E-state index is -0.452. The van der Waals surface area contributed by atoms with Gasteiger partial charge in [0.1, 0.15) is 0 Å². The number of rotatable bonds is 5. The van der Waals surface area contributed by atoms with Crippen molar-refractivity contribution in [3.8, 4) is 11.4 Å². The lowest BCUT2D eigenvalue weighted by Crippen LogP contribution is -2.14. The van der Waals surface area contributed by atoms with E-state index in [9.17, 15) is 5.11 Å². The second-order valence-corrected chi connectivity index (χ2v) is 5.33. The summed E-state index contributed by atoms with van der Waals surface area (Å²) in [6, 6.07) is 8.00. The van der Waals surface area contributed by atoms with Gasteiger partial charge in [0.05, 0.1) is 12.0 Å². The Labute approximate surface area is 117 Å². The monoisotopic (exact) mass is 278 g/mol. The van der Waals surface area contributed by atoms with Gasteiger partial charge in [-0.25, -0.2) is 0 Å². The molecule has 2 rings (SSSR count). The molecule has 5 heteroatoms. The summed E-state index contributed by atoms with van der Waals surface area (Å²) < 4.78 is 5.23. The van der Waals surface area contributed by atoms with E-state index in [0.29, 0.717) is 18.1 Å². The summed E-state index contributed by atoms with van der Waals surface area (Å²) in [6.07, 6.45) is 2.25. The number of hydrogen-bond acceptors (Lipinski definition) is 5. The summed E-state index contributed by atoms with van der Waals surface area (Å²) in [6.45, 7) is 3.82. The minimum Gasteiger partial charge on any atom is -0.392 e. The Bertz CT molecular complexity index is 524. The topological polar surface area (TPSA) is 59.2 Å². The standard InChI is InChI=1S/C14H18N2O2S/c1-4-12(17)9(2)14-15-13(16-18-14)10-5-7-11(19-3)8-6-10/h5-9,12,17H,4H2,1-3H3. The Morgan fingerprint density at radius 2 is 2.00 bits per heavy atom. The third-order valence-electron chi connectivity index (χ3n) is 3.17. The van der Waals surface area contributed by atoms with Gasteiger partial charge in [0.25, 0.3) is 0 Å². The highest BCUT2D eigenvalue weighted by Gasteiger charge is 2.21. The van der Waals surface area contributed by atoms with Crippen LogP contribution in [0.1, 0.15) is 32.1 Å². The molecule has 0 saturated heterocycles. The third-order valence-corrected chi connectivity index (χ3v) is 3.92. The van der Waals surface area contributed by atoms with Gasteiger partial charge in [-0.1, -0.05) is 19.0 Å². The number of benzene rings is 1. The predicted octanol–water partition coefficient (Wildman–Crippen LogP) is 3.33. The van der Waals surface area contributed by atoms with E-state index in [0.717, 1.165) is 5.56 Å². The SMILES string of the molecule is CCC(O)C(C)c1nc(-c2ccc(SC)cc2)no1. The molecule has 0 fully saturated rings. The van der Waals surface area contributed by atoms with Gasteiger partial charge in [0, 0.05) is 10.5 Å². The fourth-order valence-electron chi connectivity index (χ4n) is 1.80. The highest BCUT2D eigenvalue weighted by atomic mass is 32.2. The van der Waals surface area contributed by atoms with Gasteiger partial charge >= 0.3 is 0 Å². The van der Waals surface area contributed by atoms with Gasteiger partial charge in [0.15, 0.2) is 0 Å². The molecule has 0 aliphatic rings. The molecule has 1 aromatic carbocycles. The van der Waals surface area contributed by atoms with E-state index in [1.807, 2.05) is 44.4 Å². The highest BCUT2D eigenvalue weighted by Crippen LogP contribution is 2.24. The zero-order valence-electron chi connectivity index (χ0n) is 11.3. The van der Waals surface area contributed by atoms with Gasteiger partial charge in [-0.2, -0.15) is 4.98 Å². The Morgan fingerprint density at radius 3 is 2.58 bits per heavy atom. The van der Waals surface area contributed by atoms with E-state index in [4.69, 9.17) is 4.52 Å². The Balaban J connectivity index is 2.20. The van der Waals surface area contributed by atoms with Crippen molar-refractivity contribution in [1.82, 2.24) is 10.1 Å². The Kier molecular flexibility index (Phi) is 4.61. The number of aromatic nitrogens is 2. The summed E-state index contributed by atoms with van der Waals surface area (Å²) in [4.78, 5) is 5.56. The van der Waals surface area contributed by atoms with Gasteiger partial charge < -0.3 is 9.63 Å². The number of nitrogens with zero attached hydrogens (tertiary/aromatic N) is 2. The average molecular weight is 278 g/mol. The van der Waals surface area contributed by atoms with Crippen LogP contribution in [0.25, 0.3) is 11.4 Å². The second-order valence-electron chi connectivity index (χ2n) is 4.45. The van der Waals surface area contributed by atoms with Gasteiger partial charge in [-0.3, -0.25) is 0 Å². The first-order valence-corrected chi connectivity index (χ1v) is 7.54. The molecular formula is C14H18N2O2S. The van der Waals surface area contributed by atoms with Crippen LogP contribution in [0.3, 0.4) is 0 Å². The fourth-order valence-corrected chi connectivity index (χ4v) is 2.20. The van der Waals surface area contributed by atoms with Crippen LogP contribution in [-0.4, -0.2) is 27.6 Å². The lowest BCUT2D eigenvalue weighted by Gasteiger charge is -2.11. The summed E-state index contributed by atoms with van der Waals surface area (Å²) in [5.41, 5.74) is 0.922. The molecule has 2 aromatic rings. The maximum absolute atomic E-state index is 9.80. The van der Waals surface area contributed by atoms with Crippen molar-refractivity contribution in [2.24, 2.45) is 0 Å². The van der Waals surface area contributed by atoms with Crippen LogP contribution in [0.2, 0.25) is 0 Å². The van der Waals surface area contributed by atoms with Crippen LogP contribution < -0.4 is 0 Å². The molecule has 0 amide bonds. The van der Waals surface area contributed by atoms with Crippen molar-refractivity contribution >= 4 is 11.8 Å². The largest absolute Gasteiger partial charge is 0.392 e. The molecule has 0 aliphatic carbocycles. The fraction of sp³-hybridized carbons (Fsp3) is 0.429. The zero-order chi connectivity index (χ0) is 13.8. The van der Waals surface area contributed by atoms with Crippen LogP contribution in [0.15, 0.2) is 33.7 Å². The zero-order valence-corrected chi connectivity index (χ0v) is 12.1. The molecule has 4 nitrogen and oxygen atoms in total. The van der Waals surface area contributed by atoms with Gasteiger partial charge in [-0.05, 0) is 36.9 Å². The van der Waals surface area contributed by atoms with Crippen LogP contribution in [0.5, 0.6) is 0 Å². The van der Waals surface area contributed by atoms with Gasteiger partial charge in [0.2, 0.25) is 11.7 Å². The Hall–Kier alpha value is -1.33. The molecule has 0 radical (unpaired) electrons. The summed E-state index contributed by atoms with van der Waals surface area (Å²) >= 11 is 1.69. The molecule has 102 valence electrons. The lowest BCUT2D eigenvalue weighted by molar-refractivity contribution is 0.129. The van der Waals surface area contributed by atoms with Crippen LogP contribution in [0, 0.1) is 0 Å². The quantitative estimate of drug-likeness (QED) is 0.850. The van der Waals surface area contributed by atoms with Crippen LogP contribution >= 0.6 is 11.8 Å². The van der Waals surface area contributed by atoms with Crippen LogP contribution in [-0.2, 0) is 0 Å². The maximum atomic E-state index is 9.80. The molecule has 2 atom stereocenters. The van der Waals surface area contributed by atoms with E-state index in [1.165, 1.54) is 4.90 Å². The van der Waals surface area contributed by atoms with Crippen molar-refractivity contribution in [3.63, 3.8) is 0 Å². The van der Waals surface area contributed by atoms with E-state index >= 15 is 0 Å². The normalized spacial score (nSPS) is 14.3. The molecule has 1 N–H and O–H groups in total. The smallest absolute Gasteiger partial charge is 0.232 e. The van der Waals surface area contributed by atoms with Crippen molar-refractivity contribution in [3.05, 3.63) is 30.2 Å². The number of thioether (sulfide) groups is 1. The summed E-state index contributed by atoms with van der Waals surface area (Å²) in [7, 11) is 0.